The van der Waals surface area contributed by atoms with Gasteiger partial charge < -0.3 is 15.0 Å². The molecule has 0 saturated heterocycles. The lowest BCUT2D eigenvalue weighted by Gasteiger charge is -2.24. The maximum Gasteiger partial charge on any atom is 0.239 e. The van der Waals surface area contributed by atoms with E-state index in [9.17, 15) is 4.79 Å². The summed E-state index contributed by atoms with van der Waals surface area (Å²) in [5.74, 6) is 0.839. The zero-order valence-electron chi connectivity index (χ0n) is 17.2. The number of nitrogens with one attached hydrogen (secondary N) is 1. The fourth-order valence-corrected chi connectivity index (χ4v) is 3.88. The second-order valence-electron chi connectivity index (χ2n) is 7.67. The zero-order chi connectivity index (χ0) is 20.6. The van der Waals surface area contributed by atoms with Gasteiger partial charge in [-0.3, -0.25) is 4.79 Å². The molecule has 0 radical (unpaired) electrons. The standard InChI is InChI=1S/C26H28N2O2/c29-26(19-28-17-9-8-13-22-12-4-6-15-24(22)28)27-18-23-14-5-7-16-25(23)30-20-21-10-2-1-3-11-21/h1-7,10-12,14-16H,8-9,13,17-20H2,(H,27,29). The van der Waals surface area contributed by atoms with Crippen LogP contribution < -0.4 is 15.0 Å². The first-order chi connectivity index (χ1) is 14.8. The molecule has 3 aromatic rings. The number of ether oxygens (including phenoxy) is 1. The van der Waals surface area contributed by atoms with Crippen LogP contribution in [0.25, 0.3) is 0 Å². The number of hydrogen-bond donors (Lipinski definition) is 1. The monoisotopic (exact) mass is 400 g/mol. The van der Waals surface area contributed by atoms with E-state index < -0.39 is 0 Å². The molecule has 1 amide bonds. The van der Waals surface area contributed by atoms with E-state index in [1.54, 1.807) is 0 Å². The van der Waals surface area contributed by atoms with E-state index >= 15 is 0 Å². The minimum Gasteiger partial charge on any atom is -0.489 e. The molecule has 0 fully saturated rings. The van der Waals surface area contributed by atoms with E-state index in [4.69, 9.17) is 4.74 Å². The van der Waals surface area contributed by atoms with Crippen molar-refractivity contribution in [1.82, 2.24) is 5.32 Å². The fourth-order valence-electron chi connectivity index (χ4n) is 3.88. The molecule has 4 rings (SSSR count). The number of benzene rings is 3. The van der Waals surface area contributed by atoms with Crippen LogP contribution in [0.5, 0.6) is 5.75 Å². The maximum atomic E-state index is 12.7. The number of carbonyl (C=O) groups is 1. The molecule has 4 nitrogen and oxygen atoms in total. The lowest BCUT2D eigenvalue weighted by atomic mass is 10.1. The van der Waals surface area contributed by atoms with Gasteiger partial charge in [0.25, 0.3) is 0 Å². The van der Waals surface area contributed by atoms with Gasteiger partial charge in [0.1, 0.15) is 12.4 Å². The SMILES string of the molecule is O=C(CN1CCCCc2ccccc21)NCc1ccccc1OCc1ccccc1. The van der Waals surface area contributed by atoms with Crippen molar-refractivity contribution in [3.05, 3.63) is 95.6 Å². The van der Waals surface area contributed by atoms with Crippen LogP contribution in [0.4, 0.5) is 5.69 Å². The number of para-hydroxylation sites is 2. The van der Waals surface area contributed by atoms with E-state index in [1.807, 2.05) is 54.6 Å². The topological polar surface area (TPSA) is 41.6 Å². The molecule has 0 unspecified atom stereocenters. The van der Waals surface area contributed by atoms with Gasteiger partial charge in [-0.05, 0) is 42.5 Å². The summed E-state index contributed by atoms with van der Waals surface area (Å²) >= 11 is 0. The van der Waals surface area contributed by atoms with Crippen LogP contribution in [-0.4, -0.2) is 19.0 Å². The minimum atomic E-state index is 0.0320. The summed E-state index contributed by atoms with van der Waals surface area (Å²) in [4.78, 5) is 14.9. The molecule has 1 N–H and O–H groups in total. The molecule has 0 saturated carbocycles. The molecular formula is C26H28N2O2. The molecular weight excluding hydrogens is 372 g/mol. The van der Waals surface area contributed by atoms with Gasteiger partial charge in [-0.1, -0.05) is 66.7 Å². The Morgan fingerprint density at radius 1 is 0.900 bits per heavy atom. The number of hydrogen-bond acceptors (Lipinski definition) is 3. The van der Waals surface area contributed by atoms with Gasteiger partial charge in [-0.2, -0.15) is 0 Å². The number of fused-ring (bicyclic) bond motifs is 1. The average Bonchev–Trinajstić information content (AvgIpc) is 3.00. The van der Waals surface area contributed by atoms with Crippen molar-refractivity contribution in [3.8, 4) is 5.75 Å². The summed E-state index contributed by atoms with van der Waals surface area (Å²) in [6.45, 7) is 2.26. The molecule has 3 aromatic carbocycles. The summed E-state index contributed by atoms with van der Waals surface area (Å²) in [6, 6.07) is 26.4. The Labute approximate surface area is 178 Å². The van der Waals surface area contributed by atoms with E-state index in [1.165, 1.54) is 17.7 Å². The van der Waals surface area contributed by atoms with Crippen molar-refractivity contribution in [2.75, 3.05) is 18.0 Å². The summed E-state index contributed by atoms with van der Waals surface area (Å²) in [5, 5.41) is 3.08. The third-order valence-corrected chi connectivity index (χ3v) is 5.48. The number of aryl methyl sites for hydroxylation is 1. The quantitative estimate of drug-likeness (QED) is 0.624. The molecule has 154 valence electrons. The van der Waals surface area contributed by atoms with Crippen molar-refractivity contribution in [1.29, 1.82) is 0 Å². The molecule has 1 heterocycles. The largest absolute Gasteiger partial charge is 0.489 e. The van der Waals surface area contributed by atoms with Crippen molar-refractivity contribution < 1.29 is 9.53 Å². The van der Waals surface area contributed by atoms with Crippen LogP contribution in [0.1, 0.15) is 29.5 Å². The average molecular weight is 401 g/mol. The smallest absolute Gasteiger partial charge is 0.239 e. The van der Waals surface area contributed by atoms with Crippen LogP contribution in [0, 0.1) is 0 Å². The Kier molecular flexibility index (Phi) is 6.65. The molecule has 1 aliphatic rings. The lowest BCUT2D eigenvalue weighted by molar-refractivity contribution is -0.119. The van der Waals surface area contributed by atoms with E-state index in [0.29, 0.717) is 19.7 Å². The third kappa shape index (κ3) is 5.20. The highest BCUT2D eigenvalue weighted by atomic mass is 16.5. The van der Waals surface area contributed by atoms with Crippen molar-refractivity contribution in [3.63, 3.8) is 0 Å². The van der Waals surface area contributed by atoms with Crippen LogP contribution in [0.3, 0.4) is 0 Å². The summed E-state index contributed by atoms with van der Waals surface area (Å²) in [6.07, 6.45) is 3.36. The first-order valence-corrected chi connectivity index (χ1v) is 10.6. The van der Waals surface area contributed by atoms with Gasteiger partial charge in [0.05, 0.1) is 6.54 Å². The van der Waals surface area contributed by atoms with Gasteiger partial charge >= 0.3 is 0 Å². The highest BCUT2D eigenvalue weighted by molar-refractivity contribution is 5.81. The lowest BCUT2D eigenvalue weighted by Crippen LogP contribution is -2.37. The van der Waals surface area contributed by atoms with Crippen molar-refractivity contribution in [2.24, 2.45) is 0 Å². The Morgan fingerprint density at radius 2 is 1.67 bits per heavy atom. The van der Waals surface area contributed by atoms with Crippen LogP contribution in [0.15, 0.2) is 78.9 Å². The molecule has 0 atom stereocenters. The summed E-state index contributed by atoms with van der Waals surface area (Å²) in [5.41, 5.74) is 4.63. The highest BCUT2D eigenvalue weighted by Crippen LogP contribution is 2.25. The van der Waals surface area contributed by atoms with Gasteiger partial charge in [-0.15, -0.1) is 0 Å². The molecule has 1 aliphatic heterocycles. The first kappa shape index (κ1) is 20.0. The molecule has 30 heavy (non-hydrogen) atoms. The number of rotatable bonds is 7. The number of carbonyl (C=O) groups excluding carboxylic acids is 1. The Hall–Kier alpha value is -3.27. The molecule has 0 bridgehead atoms. The fraction of sp³-hybridized carbons (Fsp3) is 0.269. The second kappa shape index (κ2) is 9.97. The highest BCUT2D eigenvalue weighted by Gasteiger charge is 2.17. The minimum absolute atomic E-state index is 0.0320. The van der Waals surface area contributed by atoms with Crippen LogP contribution >= 0.6 is 0 Å². The Bertz CT molecular complexity index is 972. The number of nitrogens with zero attached hydrogens (tertiary/aromatic N) is 1. The molecule has 4 heteroatoms. The predicted molar refractivity (Wildman–Crippen MR) is 121 cm³/mol. The van der Waals surface area contributed by atoms with Crippen molar-refractivity contribution >= 4 is 11.6 Å². The third-order valence-electron chi connectivity index (χ3n) is 5.48. The van der Waals surface area contributed by atoms with Gasteiger partial charge in [0.2, 0.25) is 5.91 Å². The Morgan fingerprint density at radius 3 is 2.57 bits per heavy atom. The van der Waals surface area contributed by atoms with Gasteiger partial charge in [-0.25, -0.2) is 0 Å². The van der Waals surface area contributed by atoms with E-state index in [0.717, 1.165) is 36.3 Å². The van der Waals surface area contributed by atoms with E-state index in [-0.39, 0.29) is 5.91 Å². The second-order valence-corrected chi connectivity index (χ2v) is 7.67. The maximum absolute atomic E-state index is 12.7. The van der Waals surface area contributed by atoms with Crippen molar-refractivity contribution in [2.45, 2.75) is 32.4 Å². The zero-order valence-corrected chi connectivity index (χ0v) is 17.2. The number of amides is 1. The van der Waals surface area contributed by atoms with Gasteiger partial charge in [0.15, 0.2) is 0 Å². The summed E-state index contributed by atoms with van der Waals surface area (Å²) < 4.78 is 6.01. The number of anilines is 1. The van der Waals surface area contributed by atoms with Crippen LogP contribution in [-0.2, 0) is 24.4 Å². The first-order valence-electron chi connectivity index (χ1n) is 10.6. The molecule has 0 aliphatic carbocycles. The van der Waals surface area contributed by atoms with Gasteiger partial charge in [0, 0.05) is 24.3 Å². The predicted octanol–water partition coefficient (Wildman–Crippen LogP) is 4.72. The Balaban J connectivity index is 1.35. The normalized spacial score (nSPS) is 13.3. The van der Waals surface area contributed by atoms with E-state index in [2.05, 4.69) is 34.5 Å². The molecule has 0 spiro atoms. The summed E-state index contributed by atoms with van der Waals surface area (Å²) in [7, 11) is 0. The van der Waals surface area contributed by atoms with Crippen LogP contribution in [0.2, 0.25) is 0 Å². The molecule has 0 aromatic heterocycles.